The van der Waals surface area contributed by atoms with E-state index >= 15 is 0 Å². The van der Waals surface area contributed by atoms with Crippen LogP contribution >= 0.6 is 31.9 Å². The Kier molecular flexibility index (Phi) is 4.68. The highest BCUT2D eigenvalue weighted by Gasteiger charge is 2.22. The molecule has 0 radical (unpaired) electrons. The average Bonchev–Trinajstić information content (AvgIpc) is 2.21. The van der Waals surface area contributed by atoms with Gasteiger partial charge in [0, 0.05) is 5.92 Å². The Morgan fingerprint density at radius 2 is 2.00 bits per heavy atom. The number of hydrogen-bond acceptors (Lipinski definition) is 1. The molecule has 2 atom stereocenters. The van der Waals surface area contributed by atoms with Crippen LogP contribution in [0.3, 0.4) is 0 Å². The number of rotatable bonds is 3. The zero-order valence-corrected chi connectivity index (χ0v) is 12.5. The molecule has 0 fully saturated rings. The topological polar surface area (TPSA) is 17.1 Å². The van der Waals surface area contributed by atoms with Gasteiger partial charge in [-0.3, -0.25) is 4.79 Å². The third-order valence-corrected chi connectivity index (χ3v) is 4.67. The maximum absolute atomic E-state index is 13.4. The van der Waals surface area contributed by atoms with E-state index in [1.54, 1.807) is 6.07 Å². The molecule has 0 aliphatic heterocycles. The Bertz CT molecular complexity index is 418. The summed E-state index contributed by atoms with van der Waals surface area (Å²) >= 11 is 6.48. The van der Waals surface area contributed by atoms with Gasteiger partial charge >= 0.3 is 0 Å². The van der Waals surface area contributed by atoms with Crippen LogP contribution in [0.1, 0.15) is 30.9 Å². The zero-order valence-electron chi connectivity index (χ0n) is 9.35. The molecule has 1 nitrogen and oxygen atoms in total. The van der Waals surface area contributed by atoms with Crippen LogP contribution < -0.4 is 0 Å². The van der Waals surface area contributed by atoms with Crippen molar-refractivity contribution in [2.24, 2.45) is 0 Å². The number of hydrogen-bond donors (Lipinski definition) is 0. The van der Waals surface area contributed by atoms with Gasteiger partial charge in [0.25, 0.3) is 0 Å². The molecule has 0 aliphatic carbocycles. The summed E-state index contributed by atoms with van der Waals surface area (Å²) in [6.07, 6.45) is 0. The lowest BCUT2D eigenvalue weighted by atomic mass is 9.92. The summed E-state index contributed by atoms with van der Waals surface area (Å²) in [5, 5.41) is 0. The molecule has 88 valence electrons. The number of carbonyl (C=O) groups is 1. The van der Waals surface area contributed by atoms with Crippen molar-refractivity contribution in [3.8, 4) is 0 Å². The highest BCUT2D eigenvalue weighted by Crippen LogP contribution is 2.30. The predicted octanol–water partition coefficient (Wildman–Crippen LogP) is 4.35. The van der Waals surface area contributed by atoms with Crippen LogP contribution in [-0.4, -0.2) is 10.6 Å². The van der Waals surface area contributed by atoms with Gasteiger partial charge < -0.3 is 0 Å². The van der Waals surface area contributed by atoms with Gasteiger partial charge in [0.05, 0.1) is 9.30 Å². The highest BCUT2D eigenvalue weighted by molar-refractivity contribution is 9.10. The van der Waals surface area contributed by atoms with E-state index in [-0.39, 0.29) is 22.3 Å². The third-order valence-electron chi connectivity index (χ3n) is 2.63. The van der Waals surface area contributed by atoms with E-state index in [9.17, 15) is 9.18 Å². The van der Waals surface area contributed by atoms with Crippen molar-refractivity contribution in [3.63, 3.8) is 0 Å². The number of benzene rings is 1. The largest absolute Gasteiger partial charge is 0.299 e. The second-order valence-corrected chi connectivity index (χ2v) is 5.76. The number of ketones is 1. The van der Waals surface area contributed by atoms with Gasteiger partial charge in [0.2, 0.25) is 0 Å². The van der Waals surface area contributed by atoms with Crippen LogP contribution in [0.5, 0.6) is 0 Å². The van der Waals surface area contributed by atoms with Gasteiger partial charge in [-0.1, -0.05) is 22.9 Å². The first-order valence-corrected chi connectivity index (χ1v) is 6.65. The van der Waals surface area contributed by atoms with Crippen LogP contribution in [-0.2, 0) is 4.79 Å². The van der Waals surface area contributed by atoms with E-state index in [0.717, 1.165) is 11.1 Å². The zero-order chi connectivity index (χ0) is 12.5. The van der Waals surface area contributed by atoms with Crippen molar-refractivity contribution >= 4 is 37.6 Å². The minimum Gasteiger partial charge on any atom is -0.299 e. The molecule has 0 aliphatic rings. The standard InChI is InChI=1S/C12H13Br2FO/c1-6-4-10(13)11(15)5-9(6)7(2)12(14)8(3)16/h4-5,7,12H,1-3H3. The van der Waals surface area contributed by atoms with E-state index in [1.165, 1.54) is 13.0 Å². The molecule has 0 bridgehead atoms. The second kappa shape index (κ2) is 5.41. The summed E-state index contributed by atoms with van der Waals surface area (Å²) in [7, 11) is 0. The number of halogens is 3. The molecule has 0 aromatic heterocycles. The van der Waals surface area contributed by atoms with E-state index in [4.69, 9.17) is 0 Å². The van der Waals surface area contributed by atoms with Gasteiger partial charge in [-0.05, 0) is 53.0 Å². The van der Waals surface area contributed by atoms with Crippen LogP contribution in [0.2, 0.25) is 0 Å². The number of carbonyl (C=O) groups excluding carboxylic acids is 1. The third kappa shape index (κ3) is 2.92. The minimum atomic E-state index is -0.296. The Hall–Kier alpha value is -0.220. The molecule has 4 heteroatoms. The van der Waals surface area contributed by atoms with Crippen molar-refractivity contribution in [2.45, 2.75) is 31.5 Å². The molecule has 1 aromatic carbocycles. The maximum atomic E-state index is 13.4. The van der Waals surface area contributed by atoms with Gasteiger partial charge in [0.1, 0.15) is 11.6 Å². The predicted molar refractivity (Wildman–Crippen MR) is 70.6 cm³/mol. The number of alkyl halides is 1. The summed E-state index contributed by atoms with van der Waals surface area (Å²) in [5.41, 5.74) is 1.84. The first-order chi connectivity index (χ1) is 7.34. The van der Waals surface area contributed by atoms with Gasteiger partial charge in [0.15, 0.2) is 0 Å². The first-order valence-electron chi connectivity index (χ1n) is 4.94. The Balaban J connectivity index is 3.13. The monoisotopic (exact) mass is 350 g/mol. The molecule has 1 rings (SSSR count). The average molecular weight is 352 g/mol. The smallest absolute Gasteiger partial charge is 0.144 e. The normalized spacial score (nSPS) is 14.6. The molecule has 16 heavy (non-hydrogen) atoms. The number of aryl methyl sites for hydroxylation is 1. The van der Waals surface area contributed by atoms with Crippen LogP contribution in [0.15, 0.2) is 16.6 Å². The molecule has 0 spiro atoms. The fourth-order valence-corrected chi connectivity index (χ4v) is 2.40. The lowest BCUT2D eigenvalue weighted by Crippen LogP contribution is -2.18. The summed E-state index contributed by atoms with van der Waals surface area (Å²) < 4.78 is 13.9. The minimum absolute atomic E-state index is 0.0416. The molecule has 0 saturated carbocycles. The van der Waals surface area contributed by atoms with E-state index < -0.39 is 0 Å². The van der Waals surface area contributed by atoms with Crippen LogP contribution in [0, 0.1) is 12.7 Å². The first kappa shape index (κ1) is 13.8. The molecule has 0 saturated heterocycles. The van der Waals surface area contributed by atoms with Crippen molar-refractivity contribution in [1.29, 1.82) is 0 Å². The molecular formula is C12H13Br2FO. The van der Waals surface area contributed by atoms with E-state index in [2.05, 4.69) is 31.9 Å². The Morgan fingerprint density at radius 1 is 1.44 bits per heavy atom. The Morgan fingerprint density at radius 3 is 2.50 bits per heavy atom. The van der Waals surface area contributed by atoms with E-state index in [1.807, 2.05) is 13.8 Å². The summed E-state index contributed by atoms with van der Waals surface area (Å²) in [4.78, 5) is 11.0. The molecule has 1 aromatic rings. The van der Waals surface area contributed by atoms with Gasteiger partial charge in [-0.25, -0.2) is 4.39 Å². The van der Waals surface area contributed by atoms with Crippen molar-refractivity contribution in [1.82, 2.24) is 0 Å². The van der Waals surface area contributed by atoms with E-state index in [0.29, 0.717) is 4.47 Å². The SMILES string of the molecule is CC(=O)C(Br)C(C)c1cc(F)c(Br)cc1C. The maximum Gasteiger partial charge on any atom is 0.144 e. The van der Waals surface area contributed by atoms with Gasteiger partial charge in [-0.15, -0.1) is 0 Å². The van der Waals surface area contributed by atoms with Crippen molar-refractivity contribution in [2.75, 3.05) is 0 Å². The second-order valence-electron chi connectivity index (χ2n) is 3.92. The van der Waals surface area contributed by atoms with Crippen LogP contribution in [0.25, 0.3) is 0 Å². The quantitative estimate of drug-likeness (QED) is 0.740. The summed E-state index contributed by atoms with van der Waals surface area (Å²) in [6.45, 7) is 5.35. The fraction of sp³-hybridized carbons (Fsp3) is 0.417. The molecule has 0 heterocycles. The van der Waals surface area contributed by atoms with Crippen LogP contribution in [0.4, 0.5) is 4.39 Å². The molecular weight excluding hydrogens is 339 g/mol. The lowest BCUT2D eigenvalue weighted by molar-refractivity contribution is -0.116. The van der Waals surface area contributed by atoms with Gasteiger partial charge in [-0.2, -0.15) is 0 Å². The van der Waals surface area contributed by atoms with Crippen molar-refractivity contribution < 1.29 is 9.18 Å². The molecule has 2 unspecified atom stereocenters. The summed E-state index contributed by atoms with van der Waals surface area (Å²) in [5.74, 6) is -0.286. The fourth-order valence-electron chi connectivity index (χ4n) is 1.66. The molecule has 0 N–H and O–H groups in total. The number of Topliss-reactive ketones (excluding diaryl/α,β-unsaturated/α-hetero) is 1. The molecule has 0 amide bonds. The highest BCUT2D eigenvalue weighted by atomic mass is 79.9. The van der Waals surface area contributed by atoms with Crippen molar-refractivity contribution in [3.05, 3.63) is 33.5 Å². The summed E-state index contributed by atoms with van der Waals surface area (Å²) in [6, 6.07) is 3.22. The lowest BCUT2D eigenvalue weighted by Gasteiger charge is -2.19. The Labute approximate surface area is 112 Å².